The smallest absolute Gasteiger partial charge is 0.227 e. The van der Waals surface area contributed by atoms with Gasteiger partial charge in [0.1, 0.15) is 0 Å². The van der Waals surface area contributed by atoms with Gasteiger partial charge in [0.2, 0.25) is 11.8 Å². The Hall–Kier alpha value is -1.89. The summed E-state index contributed by atoms with van der Waals surface area (Å²) in [6.07, 6.45) is 2.32. The van der Waals surface area contributed by atoms with Crippen molar-refractivity contribution in [3.8, 4) is 0 Å². The largest absolute Gasteiger partial charge is 0.349 e. The van der Waals surface area contributed by atoms with Crippen LogP contribution in [0, 0.1) is 11.8 Å². The molecule has 1 heterocycles. The molecule has 2 unspecified atom stereocenters. The first-order valence-electron chi connectivity index (χ1n) is 8.26. The minimum absolute atomic E-state index is 0.0578. The molecular formula is C17H22N2O4S. The van der Waals surface area contributed by atoms with Gasteiger partial charge in [0.05, 0.1) is 23.5 Å². The van der Waals surface area contributed by atoms with E-state index in [4.69, 9.17) is 0 Å². The number of hydrogen-bond acceptors (Lipinski definition) is 4. The van der Waals surface area contributed by atoms with Gasteiger partial charge in [-0.25, -0.2) is 8.42 Å². The summed E-state index contributed by atoms with van der Waals surface area (Å²) in [7, 11) is -3.06. The van der Waals surface area contributed by atoms with E-state index in [0.717, 1.165) is 24.1 Å². The molecule has 2 amide bonds. The zero-order valence-corrected chi connectivity index (χ0v) is 14.4. The molecule has 1 aromatic carbocycles. The van der Waals surface area contributed by atoms with E-state index in [1.165, 1.54) is 0 Å². The second-order valence-corrected chi connectivity index (χ2v) is 8.94. The van der Waals surface area contributed by atoms with E-state index in [2.05, 4.69) is 10.6 Å². The van der Waals surface area contributed by atoms with E-state index in [1.54, 1.807) is 0 Å². The maximum atomic E-state index is 12.2. The summed E-state index contributed by atoms with van der Waals surface area (Å²) >= 11 is 0. The zero-order valence-electron chi connectivity index (χ0n) is 13.6. The van der Waals surface area contributed by atoms with Gasteiger partial charge < -0.3 is 10.6 Å². The molecule has 3 rings (SSSR count). The number of rotatable bonds is 5. The highest BCUT2D eigenvalue weighted by molar-refractivity contribution is 7.91. The normalized spacial score (nSPS) is 23.5. The standard InChI is InChI=1S/C17H22N2O4S/c1-11(18-17(21)14-8-9-24(22,23)10-14)12-4-6-15(7-5-12)19-16(20)13-2-3-13/h4-7,11,13-14H,2-3,8-10H2,1H3,(H,18,21)(H,19,20). The van der Waals surface area contributed by atoms with Crippen molar-refractivity contribution in [3.05, 3.63) is 29.8 Å². The highest BCUT2D eigenvalue weighted by Crippen LogP contribution is 2.30. The predicted molar refractivity (Wildman–Crippen MR) is 91.1 cm³/mol. The van der Waals surface area contributed by atoms with Gasteiger partial charge in [-0.2, -0.15) is 0 Å². The van der Waals surface area contributed by atoms with Crippen molar-refractivity contribution in [1.29, 1.82) is 0 Å². The monoisotopic (exact) mass is 350 g/mol. The lowest BCUT2D eigenvalue weighted by Gasteiger charge is -2.17. The maximum Gasteiger partial charge on any atom is 0.227 e. The topological polar surface area (TPSA) is 92.3 Å². The summed E-state index contributed by atoms with van der Waals surface area (Å²) in [5.74, 6) is -0.409. The van der Waals surface area contributed by atoms with Crippen molar-refractivity contribution >= 4 is 27.3 Å². The third kappa shape index (κ3) is 4.14. The Morgan fingerprint density at radius 3 is 2.25 bits per heavy atom. The first-order valence-corrected chi connectivity index (χ1v) is 10.1. The molecule has 2 aliphatic rings. The zero-order chi connectivity index (χ0) is 17.3. The van der Waals surface area contributed by atoms with Crippen LogP contribution in [0.15, 0.2) is 24.3 Å². The number of sulfone groups is 1. The van der Waals surface area contributed by atoms with Gasteiger partial charge in [-0.05, 0) is 43.9 Å². The van der Waals surface area contributed by atoms with Crippen LogP contribution in [0.25, 0.3) is 0 Å². The Morgan fingerprint density at radius 1 is 1.04 bits per heavy atom. The number of amides is 2. The minimum atomic E-state index is -3.06. The van der Waals surface area contributed by atoms with Gasteiger partial charge >= 0.3 is 0 Å². The molecule has 2 atom stereocenters. The summed E-state index contributed by atoms with van der Waals surface area (Å²) in [5, 5.41) is 5.75. The fourth-order valence-corrected chi connectivity index (χ4v) is 4.60. The van der Waals surface area contributed by atoms with Crippen molar-refractivity contribution in [2.24, 2.45) is 11.8 Å². The molecule has 0 aromatic heterocycles. The van der Waals surface area contributed by atoms with Crippen molar-refractivity contribution in [2.45, 2.75) is 32.2 Å². The van der Waals surface area contributed by atoms with Crippen LogP contribution in [0.5, 0.6) is 0 Å². The molecule has 7 heteroatoms. The molecule has 24 heavy (non-hydrogen) atoms. The fourth-order valence-electron chi connectivity index (χ4n) is 2.86. The third-order valence-corrected chi connectivity index (χ3v) is 6.36. The van der Waals surface area contributed by atoms with Crippen molar-refractivity contribution in [1.82, 2.24) is 5.32 Å². The second-order valence-electron chi connectivity index (χ2n) is 6.72. The Morgan fingerprint density at radius 2 is 1.71 bits per heavy atom. The van der Waals surface area contributed by atoms with Gasteiger partial charge in [0.15, 0.2) is 9.84 Å². The Bertz CT molecular complexity index is 738. The molecule has 2 fully saturated rings. The Kier molecular flexibility index (Phi) is 4.62. The van der Waals surface area contributed by atoms with Crippen molar-refractivity contribution in [2.75, 3.05) is 16.8 Å². The second kappa shape index (κ2) is 6.55. The first kappa shape index (κ1) is 17.0. The van der Waals surface area contributed by atoms with Gasteiger partial charge in [0.25, 0.3) is 0 Å². The van der Waals surface area contributed by atoms with Crippen LogP contribution in [-0.2, 0) is 19.4 Å². The lowest BCUT2D eigenvalue weighted by molar-refractivity contribution is -0.125. The number of nitrogens with one attached hydrogen (secondary N) is 2. The van der Waals surface area contributed by atoms with E-state index in [1.807, 2.05) is 31.2 Å². The van der Waals surface area contributed by atoms with E-state index in [9.17, 15) is 18.0 Å². The van der Waals surface area contributed by atoms with E-state index >= 15 is 0 Å². The van der Waals surface area contributed by atoms with Crippen LogP contribution in [0.4, 0.5) is 5.69 Å². The van der Waals surface area contributed by atoms with E-state index in [-0.39, 0.29) is 35.3 Å². The molecule has 1 saturated heterocycles. The summed E-state index contributed by atoms with van der Waals surface area (Å²) in [6, 6.07) is 7.14. The summed E-state index contributed by atoms with van der Waals surface area (Å²) in [6.45, 7) is 1.86. The minimum Gasteiger partial charge on any atom is -0.349 e. The summed E-state index contributed by atoms with van der Waals surface area (Å²) in [5.41, 5.74) is 1.66. The Balaban J connectivity index is 1.55. The van der Waals surface area contributed by atoms with Crippen LogP contribution in [-0.4, -0.2) is 31.7 Å². The quantitative estimate of drug-likeness (QED) is 0.844. The summed E-state index contributed by atoms with van der Waals surface area (Å²) in [4.78, 5) is 23.9. The lowest BCUT2D eigenvalue weighted by atomic mass is 10.0. The molecule has 6 nitrogen and oxygen atoms in total. The molecule has 1 aromatic rings. The van der Waals surface area contributed by atoms with Crippen LogP contribution in [0.2, 0.25) is 0 Å². The van der Waals surface area contributed by atoms with Crippen molar-refractivity contribution < 1.29 is 18.0 Å². The molecule has 130 valence electrons. The highest BCUT2D eigenvalue weighted by atomic mass is 32.2. The highest BCUT2D eigenvalue weighted by Gasteiger charge is 2.33. The fraction of sp³-hybridized carbons (Fsp3) is 0.529. The van der Waals surface area contributed by atoms with E-state index in [0.29, 0.717) is 6.42 Å². The number of anilines is 1. The number of hydrogen-bond donors (Lipinski definition) is 2. The molecule has 0 bridgehead atoms. The molecular weight excluding hydrogens is 328 g/mol. The third-order valence-electron chi connectivity index (χ3n) is 4.59. The van der Waals surface area contributed by atoms with Gasteiger partial charge in [0, 0.05) is 11.6 Å². The molecule has 1 saturated carbocycles. The number of carbonyl (C=O) groups excluding carboxylic acids is 2. The van der Waals surface area contributed by atoms with Gasteiger partial charge in [-0.1, -0.05) is 12.1 Å². The molecule has 0 spiro atoms. The first-order chi connectivity index (χ1) is 11.3. The average molecular weight is 350 g/mol. The predicted octanol–water partition coefficient (Wildman–Crippen LogP) is 1.65. The number of carbonyl (C=O) groups is 2. The van der Waals surface area contributed by atoms with Crippen LogP contribution in [0.1, 0.15) is 37.8 Å². The lowest BCUT2D eigenvalue weighted by Crippen LogP contribution is -2.33. The van der Waals surface area contributed by atoms with Crippen LogP contribution >= 0.6 is 0 Å². The number of benzene rings is 1. The SMILES string of the molecule is CC(NC(=O)C1CCS(=O)(=O)C1)c1ccc(NC(=O)C2CC2)cc1. The molecule has 1 aliphatic heterocycles. The average Bonchev–Trinajstić information content (AvgIpc) is 3.31. The van der Waals surface area contributed by atoms with Gasteiger partial charge in [-0.3, -0.25) is 9.59 Å². The molecule has 2 N–H and O–H groups in total. The maximum absolute atomic E-state index is 12.2. The molecule has 0 radical (unpaired) electrons. The van der Waals surface area contributed by atoms with Crippen LogP contribution < -0.4 is 10.6 Å². The van der Waals surface area contributed by atoms with Crippen LogP contribution in [0.3, 0.4) is 0 Å². The Labute approximate surface area is 141 Å². The van der Waals surface area contributed by atoms with Crippen molar-refractivity contribution in [3.63, 3.8) is 0 Å². The summed E-state index contributed by atoms with van der Waals surface area (Å²) < 4.78 is 22.9. The van der Waals surface area contributed by atoms with E-state index < -0.39 is 15.8 Å². The van der Waals surface area contributed by atoms with Gasteiger partial charge in [-0.15, -0.1) is 0 Å². The molecule has 1 aliphatic carbocycles.